The summed E-state index contributed by atoms with van der Waals surface area (Å²) in [5.74, 6) is 0.838. The summed E-state index contributed by atoms with van der Waals surface area (Å²) in [4.78, 5) is 31.4. The molecule has 2 N–H and O–H groups in total. The lowest BCUT2D eigenvalue weighted by molar-refractivity contribution is -0.140. The van der Waals surface area contributed by atoms with E-state index in [4.69, 9.17) is 4.98 Å². The molecule has 1 aromatic carbocycles. The van der Waals surface area contributed by atoms with Gasteiger partial charge in [0, 0.05) is 30.6 Å². The highest BCUT2D eigenvalue weighted by atomic mass is 32.3. The zero-order chi connectivity index (χ0) is 30.0. The third kappa shape index (κ3) is 4.99. The number of aromatic nitrogens is 7. The molecule has 1 fully saturated rings. The fourth-order valence-electron chi connectivity index (χ4n) is 5.28. The number of halogens is 3. The fraction of sp³-hybridized carbons (Fsp3) is 0.321. The highest BCUT2D eigenvalue weighted by Crippen LogP contribution is 2.54. The summed E-state index contributed by atoms with van der Waals surface area (Å²) in [7, 11) is -1.22. The number of hydrogen-bond acceptors (Lipinski definition) is 7. The van der Waals surface area contributed by atoms with Gasteiger partial charge in [-0.3, -0.25) is 23.2 Å². The van der Waals surface area contributed by atoms with Crippen LogP contribution in [0.15, 0.2) is 59.8 Å². The molecule has 0 spiro atoms. The number of benzene rings is 1. The minimum absolute atomic E-state index is 0.0755. The molecule has 6 rings (SSSR count). The number of nitrogens with zero attached hydrogens (tertiary/aromatic N) is 7. The predicted octanol–water partition coefficient (Wildman–Crippen LogP) is 5.55. The summed E-state index contributed by atoms with van der Waals surface area (Å²) >= 11 is 0. The number of fused-ring (bicyclic) bond motifs is 1. The average Bonchev–Trinajstić information content (AvgIpc) is 3.45. The highest BCUT2D eigenvalue weighted by Gasteiger charge is 2.38. The molecule has 0 unspecified atom stereocenters. The molecule has 0 bridgehead atoms. The van der Waals surface area contributed by atoms with Crippen molar-refractivity contribution in [3.63, 3.8) is 0 Å². The van der Waals surface area contributed by atoms with Crippen LogP contribution in [0, 0.1) is 0 Å². The normalized spacial score (nSPS) is 16.2. The van der Waals surface area contributed by atoms with Gasteiger partial charge in [-0.1, -0.05) is 38.1 Å². The number of imidazole rings is 2. The maximum absolute atomic E-state index is 13.8. The Bertz CT molecular complexity index is 1850. The first-order valence-electron chi connectivity index (χ1n) is 13.2. The van der Waals surface area contributed by atoms with E-state index in [1.807, 2.05) is 19.9 Å². The van der Waals surface area contributed by atoms with Gasteiger partial charge in [0.15, 0.2) is 17.2 Å². The van der Waals surface area contributed by atoms with E-state index in [1.165, 1.54) is 20.7 Å². The summed E-state index contributed by atoms with van der Waals surface area (Å²) in [5, 5.41) is 0. The standard InChI is InChI=1S/C28H28F3N7O3S/c1-16(2)23-20(5-4-10-32-23)24-33-11-21-26(35-24)37(27(39)38(21)19-14-42(40,41)15-19)12-17-6-8-18(9-7-17)25-34-22(13-36(25)3)28(29,30)31/h4-11,13,16,19,40-41H,12,14-15H2,1-3H3. The first kappa shape index (κ1) is 28.1. The van der Waals surface area contributed by atoms with Gasteiger partial charge in [0.2, 0.25) is 0 Å². The van der Waals surface area contributed by atoms with Crippen molar-refractivity contribution in [1.29, 1.82) is 0 Å². The molecule has 1 saturated heterocycles. The van der Waals surface area contributed by atoms with E-state index < -0.39 is 28.5 Å². The Kier molecular flexibility index (Phi) is 6.74. The number of pyridine rings is 1. The van der Waals surface area contributed by atoms with Crippen LogP contribution < -0.4 is 5.69 Å². The Labute approximate surface area is 239 Å². The van der Waals surface area contributed by atoms with Gasteiger partial charge < -0.3 is 4.57 Å². The van der Waals surface area contributed by atoms with Crippen molar-refractivity contribution < 1.29 is 22.3 Å². The lowest BCUT2D eigenvalue weighted by Crippen LogP contribution is -2.40. The first-order chi connectivity index (χ1) is 19.8. The van der Waals surface area contributed by atoms with Crippen LogP contribution in [-0.4, -0.2) is 54.2 Å². The second-order valence-electron chi connectivity index (χ2n) is 10.8. The van der Waals surface area contributed by atoms with Gasteiger partial charge in [0.25, 0.3) is 0 Å². The molecule has 0 saturated carbocycles. The van der Waals surface area contributed by atoms with Crippen molar-refractivity contribution in [2.45, 2.75) is 38.5 Å². The van der Waals surface area contributed by atoms with E-state index in [0.29, 0.717) is 28.1 Å². The van der Waals surface area contributed by atoms with Crippen LogP contribution in [0.25, 0.3) is 33.9 Å². The van der Waals surface area contributed by atoms with E-state index >= 15 is 0 Å². The molecule has 220 valence electrons. The van der Waals surface area contributed by atoms with Crippen LogP contribution in [-0.2, 0) is 19.8 Å². The van der Waals surface area contributed by atoms with Crippen LogP contribution >= 0.6 is 10.6 Å². The lowest BCUT2D eigenvalue weighted by atomic mass is 10.0. The first-order valence-corrected chi connectivity index (χ1v) is 15.1. The summed E-state index contributed by atoms with van der Waals surface area (Å²) in [5.41, 5.74) is 2.29. The molecule has 0 atom stereocenters. The van der Waals surface area contributed by atoms with Crippen LogP contribution in [0.4, 0.5) is 13.2 Å². The molecule has 14 heteroatoms. The second kappa shape index (κ2) is 10.1. The summed E-state index contributed by atoms with van der Waals surface area (Å²) < 4.78 is 63.8. The summed E-state index contributed by atoms with van der Waals surface area (Å²) in [6.45, 7) is 4.16. The van der Waals surface area contributed by atoms with Crippen molar-refractivity contribution in [3.05, 3.63) is 82.4 Å². The van der Waals surface area contributed by atoms with Crippen LogP contribution in [0.3, 0.4) is 0 Å². The molecule has 4 aromatic heterocycles. The van der Waals surface area contributed by atoms with Crippen molar-refractivity contribution in [2.24, 2.45) is 7.05 Å². The van der Waals surface area contributed by atoms with Crippen molar-refractivity contribution >= 4 is 21.8 Å². The Morgan fingerprint density at radius 2 is 1.79 bits per heavy atom. The fourth-order valence-corrected chi connectivity index (χ4v) is 6.71. The van der Waals surface area contributed by atoms with Gasteiger partial charge in [-0.2, -0.15) is 23.8 Å². The molecule has 1 aliphatic rings. The summed E-state index contributed by atoms with van der Waals surface area (Å²) in [6, 6.07) is 10.1. The highest BCUT2D eigenvalue weighted by molar-refractivity contribution is 8.25. The SMILES string of the molecule is CC(C)c1ncccc1-c1ncc2c(n1)n(Cc1ccc(-c3nc(C(F)(F)F)cn3C)cc1)c(=O)n2C1CS(O)(O)C1. The van der Waals surface area contributed by atoms with E-state index in [2.05, 4.69) is 15.0 Å². The summed E-state index contributed by atoms with van der Waals surface area (Å²) in [6.07, 6.45) is -0.320. The molecular formula is C28H28F3N7O3S. The number of alkyl halides is 3. The minimum Gasteiger partial charge on any atom is -0.333 e. The Morgan fingerprint density at radius 3 is 2.40 bits per heavy atom. The van der Waals surface area contributed by atoms with E-state index in [9.17, 15) is 27.1 Å². The second-order valence-corrected chi connectivity index (χ2v) is 13.0. The van der Waals surface area contributed by atoms with Crippen molar-refractivity contribution in [1.82, 2.24) is 33.6 Å². The molecule has 42 heavy (non-hydrogen) atoms. The molecule has 1 aliphatic heterocycles. The Balaban J connectivity index is 1.41. The van der Waals surface area contributed by atoms with Gasteiger partial charge in [-0.25, -0.2) is 19.7 Å². The van der Waals surface area contributed by atoms with Gasteiger partial charge >= 0.3 is 11.9 Å². The Morgan fingerprint density at radius 1 is 1.07 bits per heavy atom. The van der Waals surface area contributed by atoms with Gasteiger partial charge in [0.05, 0.1) is 36.0 Å². The molecular weight excluding hydrogens is 571 g/mol. The van der Waals surface area contributed by atoms with Crippen LogP contribution in [0.5, 0.6) is 0 Å². The van der Waals surface area contributed by atoms with Crippen LogP contribution in [0.1, 0.15) is 42.8 Å². The molecule has 0 amide bonds. The van der Waals surface area contributed by atoms with Crippen LogP contribution in [0.2, 0.25) is 0 Å². The van der Waals surface area contributed by atoms with E-state index in [1.54, 1.807) is 42.7 Å². The predicted molar refractivity (Wildman–Crippen MR) is 153 cm³/mol. The monoisotopic (exact) mass is 599 g/mol. The van der Waals surface area contributed by atoms with Gasteiger partial charge in [0.1, 0.15) is 11.3 Å². The molecule has 5 heterocycles. The molecule has 10 nitrogen and oxygen atoms in total. The molecule has 5 aromatic rings. The zero-order valence-electron chi connectivity index (χ0n) is 22.9. The minimum atomic E-state index is -4.55. The average molecular weight is 600 g/mol. The van der Waals surface area contributed by atoms with Crippen molar-refractivity contribution in [2.75, 3.05) is 11.5 Å². The van der Waals surface area contributed by atoms with E-state index in [0.717, 1.165) is 17.5 Å². The third-order valence-corrected chi connectivity index (χ3v) is 9.17. The number of hydrogen-bond donors (Lipinski definition) is 2. The maximum Gasteiger partial charge on any atom is 0.434 e. The largest absolute Gasteiger partial charge is 0.434 e. The van der Waals surface area contributed by atoms with Crippen molar-refractivity contribution in [3.8, 4) is 22.8 Å². The molecule has 0 aliphatic carbocycles. The smallest absolute Gasteiger partial charge is 0.333 e. The third-order valence-electron chi connectivity index (χ3n) is 7.33. The Hall–Kier alpha value is -4.01. The lowest BCUT2D eigenvalue weighted by Gasteiger charge is -2.47. The zero-order valence-corrected chi connectivity index (χ0v) is 23.8. The number of aryl methyl sites for hydroxylation is 1. The molecule has 0 radical (unpaired) electrons. The number of rotatable bonds is 6. The van der Waals surface area contributed by atoms with Gasteiger partial charge in [-0.05, 0) is 23.6 Å². The maximum atomic E-state index is 13.8. The topological polar surface area (TPSA) is 124 Å². The van der Waals surface area contributed by atoms with Gasteiger partial charge in [-0.15, -0.1) is 0 Å². The van der Waals surface area contributed by atoms with E-state index in [-0.39, 0.29) is 35.5 Å². The quantitative estimate of drug-likeness (QED) is 0.262.